The van der Waals surface area contributed by atoms with Crippen LogP contribution in [-0.4, -0.2) is 32.1 Å². The molecule has 0 spiro atoms. The first-order valence-electron chi connectivity index (χ1n) is 6.42. The third kappa shape index (κ3) is 5.47. The Morgan fingerprint density at radius 1 is 1.25 bits per heavy atom. The summed E-state index contributed by atoms with van der Waals surface area (Å²) in [6.45, 7) is 6.30. The zero-order chi connectivity index (χ0) is 11.8. The molecule has 1 aliphatic rings. The molecule has 0 aromatic carbocycles. The zero-order valence-corrected chi connectivity index (χ0v) is 10.3. The number of carbonyl (C=O) groups excluding carboxylic acids is 1. The van der Waals surface area contributed by atoms with Crippen molar-refractivity contribution in [3.8, 4) is 0 Å². The lowest BCUT2D eigenvalue weighted by atomic mass is 10.0. The Morgan fingerprint density at radius 3 is 2.62 bits per heavy atom. The molecule has 0 aliphatic heterocycles. The highest BCUT2D eigenvalue weighted by Crippen LogP contribution is 2.32. The molecule has 4 heteroatoms. The normalized spacial score (nSPS) is 24.8. The number of amides is 1. The highest BCUT2D eigenvalue weighted by atomic mass is 16.1. The molecule has 0 saturated heterocycles. The third-order valence-corrected chi connectivity index (χ3v) is 3.30. The summed E-state index contributed by atoms with van der Waals surface area (Å²) >= 11 is 0. The molecule has 1 rings (SSSR count). The fraction of sp³-hybridized carbons (Fsp3) is 0.917. The summed E-state index contributed by atoms with van der Waals surface area (Å²) in [5.74, 6) is 1.13. The Balaban J connectivity index is 2.01. The SMILES string of the molecule is CCNCCNCC1CCC(CC(N)=O)C1. The van der Waals surface area contributed by atoms with E-state index in [1.807, 2.05) is 0 Å². The second-order valence-corrected chi connectivity index (χ2v) is 4.77. The minimum Gasteiger partial charge on any atom is -0.370 e. The van der Waals surface area contributed by atoms with Crippen LogP contribution < -0.4 is 16.4 Å². The quantitative estimate of drug-likeness (QED) is 0.528. The van der Waals surface area contributed by atoms with Gasteiger partial charge in [-0.2, -0.15) is 0 Å². The molecule has 4 N–H and O–H groups in total. The maximum atomic E-state index is 10.8. The zero-order valence-electron chi connectivity index (χ0n) is 10.3. The van der Waals surface area contributed by atoms with Crippen molar-refractivity contribution in [3.05, 3.63) is 0 Å². The molecule has 0 radical (unpaired) electrons. The van der Waals surface area contributed by atoms with Gasteiger partial charge in [0.15, 0.2) is 0 Å². The van der Waals surface area contributed by atoms with E-state index < -0.39 is 0 Å². The van der Waals surface area contributed by atoms with Gasteiger partial charge in [0, 0.05) is 19.5 Å². The summed E-state index contributed by atoms with van der Waals surface area (Å²) < 4.78 is 0. The second kappa shape index (κ2) is 7.63. The molecule has 2 unspecified atom stereocenters. The largest absolute Gasteiger partial charge is 0.370 e. The van der Waals surface area contributed by atoms with Gasteiger partial charge < -0.3 is 16.4 Å². The van der Waals surface area contributed by atoms with Crippen molar-refractivity contribution in [1.82, 2.24) is 10.6 Å². The van der Waals surface area contributed by atoms with E-state index in [0.717, 1.165) is 38.5 Å². The standard InChI is InChI=1S/C12H25N3O/c1-2-14-5-6-15-9-11-4-3-10(7-11)8-12(13)16/h10-11,14-15H,2-9H2,1H3,(H2,13,16). The van der Waals surface area contributed by atoms with Gasteiger partial charge in [-0.15, -0.1) is 0 Å². The third-order valence-electron chi connectivity index (χ3n) is 3.30. The molecule has 94 valence electrons. The Bertz CT molecular complexity index is 208. The maximum Gasteiger partial charge on any atom is 0.217 e. The van der Waals surface area contributed by atoms with Gasteiger partial charge in [-0.1, -0.05) is 6.92 Å². The van der Waals surface area contributed by atoms with Gasteiger partial charge in [-0.05, 0) is 44.2 Å². The van der Waals surface area contributed by atoms with Gasteiger partial charge in [0.25, 0.3) is 0 Å². The highest BCUT2D eigenvalue weighted by Gasteiger charge is 2.25. The molecular formula is C12H25N3O. The van der Waals surface area contributed by atoms with Gasteiger partial charge in [0.2, 0.25) is 5.91 Å². The van der Waals surface area contributed by atoms with Crippen LogP contribution in [0.5, 0.6) is 0 Å². The van der Waals surface area contributed by atoms with Crippen molar-refractivity contribution < 1.29 is 4.79 Å². The number of nitrogens with two attached hydrogens (primary N) is 1. The molecule has 4 nitrogen and oxygen atoms in total. The van der Waals surface area contributed by atoms with E-state index in [1.54, 1.807) is 0 Å². The molecule has 0 aromatic rings. The van der Waals surface area contributed by atoms with Crippen LogP contribution in [0.25, 0.3) is 0 Å². The molecule has 0 aromatic heterocycles. The number of nitrogens with one attached hydrogen (secondary N) is 2. The fourth-order valence-corrected chi connectivity index (χ4v) is 2.49. The Hall–Kier alpha value is -0.610. The van der Waals surface area contributed by atoms with Crippen LogP contribution in [0.4, 0.5) is 0 Å². The van der Waals surface area contributed by atoms with Crippen molar-refractivity contribution in [2.75, 3.05) is 26.2 Å². The second-order valence-electron chi connectivity index (χ2n) is 4.77. The van der Waals surface area contributed by atoms with Crippen molar-refractivity contribution in [3.63, 3.8) is 0 Å². The molecule has 1 fully saturated rings. The molecule has 1 amide bonds. The average molecular weight is 227 g/mol. The molecule has 1 saturated carbocycles. The van der Waals surface area contributed by atoms with Crippen LogP contribution in [0, 0.1) is 11.8 Å². The molecule has 1 aliphatic carbocycles. The van der Waals surface area contributed by atoms with E-state index in [2.05, 4.69) is 17.6 Å². The summed E-state index contributed by atoms with van der Waals surface area (Å²) in [7, 11) is 0. The number of hydrogen-bond donors (Lipinski definition) is 3. The fourth-order valence-electron chi connectivity index (χ4n) is 2.49. The van der Waals surface area contributed by atoms with Crippen LogP contribution in [0.1, 0.15) is 32.6 Å². The van der Waals surface area contributed by atoms with E-state index in [4.69, 9.17) is 5.73 Å². The van der Waals surface area contributed by atoms with Crippen LogP contribution in [-0.2, 0) is 4.79 Å². The summed E-state index contributed by atoms with van der Waals surface area (Å²) in [6, 6.07) is 0. The number of carbonyl (C=O) groups is 1. The number of likely N-dealkylation sites (N-methyl/N-ethyl adjacent to an activating group) is 1. The van der Waals surface area contributed by atoms with Gasteiger partial charge in [0.05, 0.1) is 0 Å². The van der Waals surface area contributed by atoms with Crippen LogP contribution in [0.15, 0.2) is 0 Å². The first kappa shape index (κ1) is 13.5. The van der Waals surface area contributed by atoms with Crippen molar-refractivity contribution in [1.29, 1.82) is 0 Å². The minimum atomic E-state index is -0.147. The lowest BCUT2D eigenvalue weighted by Crippen LogP contribution is -2.30. The number of primary amides is 1. The summed E-state index contributed by atoms with van der Waals surface area (Å²) in [5.41, 5.74) is 5.21. The van der Waals surface area contributed by atoms with E-state index in [-0.39, 0.29) is 5.91 Å². The van der Waals surface area contributed by atoms with Gasteiger partial charge >= 0.3 is 0 Å². The minimum absolute atomic E-state index is 0.147. The van der Waals surface area contributed by atoms with E-state index >= 15 is 0 Å². The molecular weight excluding hydrogens is 202 g/mol. The maximum absolute atomic E-state index is 10.8. The van der Waals surface area contributed by atoms with Crippen molar-refractivity contribution in [2.45, 2.75) is 32.6 Å². The first-order valence-corrected chi connectivity index (χ1v) is 6.42. The Kier molecular flexibility index (Phi) is 6.42. The summed E-state index contributed by atoms with van der Waals surface area (Å²) in [5, 5.41) is 6.74. The Labute approximate surface area is 98.3 Å². The van der Waals surface area contributed by atoms with Gasteiger partial charge in [0.1, 0.15) is 0 Å². The predicted octanol–water partition coefficient (Wildman–Crippen LogP) is 0.477. The predicted molar refractivity (Wildman–Crippen MR) is 66.1 cm³/mol. The van der Waals surface area contributed by atoms with Crippen LogP contribution in [0.2, 0.25) is 0 Å². The molecule has 16 heavy (non-hydrogen) atoms. The summed E-state index contributed by atoms with van der Waals surface area (Å²) in [6.07, 6.45) is 4.15. The van der Waals surface area contributed by atoms with E-state index in [9.17, 15) is 4.79 Å². The van der Waals surface area contributed by atoms with Gasteiger partial charge in [-0.25, -0.2) is 0 Å². The smallest absolute Gasteiger partial charge is 0.217 e. The molecule has 0 heterocycles. The monoisotopic (exact) mass is 227 g/mol. The van der Waals surface area contributed by atoms with Crippen LogP contribution in [0.3, 0.4) is 0 Å². The van der Waals surface area contributed by atoms with Gasteiger partial charge in [-0.3, -0.25) is 4.79 Å². The van der Waals surface area contributed by atoms with E-state index in [1.165, 1.54) is 12.8 Å². The highest BCUT2D eigenvalue weighted by molar-refractivity contribution is 5.74. The number of rotatable bonds is 8. The van der Waals surface area contributed by atoms with Crippen molar-refractivity contribution >= 4 is 5.91 Å². The summed E-state index contributed by atoms with van der Waals surface area (Å²) in [4.78, 5) is 10.8. The molecule has 0 bridgehead atoms. The topological polar surface area (TPSA) is 67.2 Å². The lowest BCUT2D eigenvalue weighted by molar-refractivity contribution is -0.118. The number of hydrogen-bond acceptors (Lipinski definition) is 3. The Morgan fingerprint density at radius 2 is 1.94 bits per heavy atom. The molecule has 2 atom stereocenters. The van der Waals surface area contributed by atoms with Crippen molar-refractivity contribution in [2.24, 2.45) is 17.6 Å². The first-order chi connectivity index (χ1) is 7.72. The lowest BCUT2D eigenvalue weighted by Gasteiger charge is -2.11. The van der Waals surface area contributed by atoms with E-state index in [0.29, 0.717) is 12.3 Å². The average Bonchev–Trinajstić information content (AvgIpc) is 2.64. The van der Waals surface area contributed by atoms with Crippen LogP contribution >= 0.6 is 0 Å².